The molecule has 0 aromatic carbocycles. The minimum atomic E-state index is -0.611. The summed E-state index contributed by atoms with van der Waals surface area (Å²) < 4.78 is 14.5. The molecule has 7 atom stereocenters. The highest BCUT2D eigenvalue weighted by atomic mass is 19.1. The van der Waals surface area contributed by atoms with Crippen molar-refractivity contribution in [2.24, 2.45) is 29.6 Å². The summed E-state index contributed by atoms with van der Waals surface area (Å²) in [7, 11) is 0. The Balaban J connectivity index is 1.76. The maximum atomic E-state index is 14.5. The van der Waals surface area contributed by atoms with Crippen LogP contribution in [0, 0.1) is 29.6 Å². The number of rotatable bonds is 2. The van der Waals surface area contributed by atoms with Gasteiger partial charge < -0.3 is 5.32 Å². The Morgan fingerprint density at radius 2 is 2.00 bits per heavy atom. The first-order valence-electron chi connectivity index (χ1n) is 9.03. The fraction of sp³-hybridized carbons (Fsp3) is 0.944. The summed E-state index contributed by atoms with van der Waals surface area (Å²) in [5, 5.41) is 3.21. The molecule has 2 nitrogen and oxygen atoms in total. The largest absolute Gasteiger partial charge is 0.353 e. The molecule has 1 N–H and O–H groups in total. The summed E-state index contributed by atoms with van der Waals surface area (Å²) in [6.07, 6.45) is 7.58. The normalized spacial score (nSPS) is 47.6. The minimum absolute atomic E-state index is 0.220. The van der Waals surface area contributed by atoms with Crippen LogP contribution in [0.4, 0.5) is 4.39 Å². The van der Waals surface area contributed by atoms with E-state index in [4.69, 9.17) is 0 Å². The Hall–Kier alpha value is -0.600. The van der Waals surface area contributed by atoms with Crippen molar-refractivity contribution in [3.8, 4) is 0 Å². The quantitative estimate of drug-likeness (QED) is 0.816. The SMILES string of the molecule is CCC1CCC(C2C(C)CCCC2F)CC2CC(=O)NC12. The second-order valence-corrected chi connectivity index (χ2v) is 7.80. The lowest BCUT2D eigenvalue weighted by molar-refractivity contribution is -0.119. The van der Waals surface area contributed by atoms with Gasteiger partial charge in [-0.25, -0.2) is 4.39 Å². The van der Waals surface area contributed by atoms with Crippen LogP contribution in [0.5, 0.6) is 0 Å². The standard InChI is InChI=1S/C18H30FNO/c1-3-12-7-8-13(9-14-10-16(21)20-18(12)14)17-11(2)5-4-6-15(17)19/h11-15,17-18H,3-10H2,1-2H3,(H,20,21). The Kier molecular flexibility index (Phi) is 4.56. The van der Waals surface area contributed by atoms with E-state index in [2.05, 4.69) is 19.2 Å². The Labute approximate surface area is 128 Å². The van der Waals surface area contributed by atoms with Gasteiger partial charge >= 0.3 is 0 Å². The van der Waals surface area contributed by atoms with Gasteiger partial charge in [-0.15, -0.1) is 0 Å². The van der Waals surface area contributed by atoms with E-state index in [9.17, 15) is 9.18 Å². The second kappa shape index (κ2) is 6.26. The van der Waals surface area contributed by atoms with Crippen molar-refractivity contribution in [1.82, 2.24) is 5.32 Å². The summed E-state index contributed by atoms with van der Waals surface area (Å²) in [4.78, 5) is 11.8. The van der Waals surface area contributed by atoms with Gasteiger partial charge in [-0.05, 0) is 55.3 Å². The predicted octanol–water partition coefficient (Wildman–Crippen LogP) is 4.09. The molecule has 2 saturated carbocycles. The van der Waals surface area contributed by atoms with Crippen LogP contribution in [0.15, 0.2) is 0 Å². The zero-order valence-electron chi connectivity index (χ0n) is 13.5. The fourth-order valence-corrected chi connectivity index (χ4v) is 5.52. The first-order valence-corrected chi connectivity index (χ1v) is 9.03. The van der Waals surface area contributed by atoms with Crippen LogP contribution in [0.2, 0.25) is 0 Å². The van der Waals surface area contributed by atoms with E-state index in [1.54, 1.807) is 0 Å². The number of carbonyl (C=O) groups excluding carboxylic acids is 1. The number of carbonyl (C=O) groups is 1. The highest BCUT2D eigenvalue weighted by Crippen LogP contribution is 2.46. The van der Waals surface area contributed by atoms with Gasteiger partial charge in [-0.2, -0.15) is 0 Å². The summed E-state index contributed by atoms with van der Waals surface area (Å²) in [5.74, 6) is 2.52. The van der Waals surface area contributed by atoms with E-state index in [1.807, 2.05) is 0 Å². The smallest absolute Gasteiger partial charge is 0.220 e. The molecule has 21 heavy (non-hydrogen) atoms. The molecule has 1 heterocycles. The molecule has 1 amide bonds. The van der Waals surface area contributed by atoms with Gasteiger partial charge in [0.2, 0.25) is 5.91 Å². The molecule has 0 bridgehead atoms. The number of nitrogens with one attached hydrogen (secondary N) is 1. The topological polar surface area (TPSA) is 29.1 Å². The molecular formula is C18H30FNO. The summed E-state index contributed by atoms with van der Waals surface area (Å²) >= 11 is 0. The number of hydrogen-bond donors (Lipinski definition) is 1. The van der Waals surface area contributed by atoms with Crippen LogP contribution in [0.3, 0.4) is 0 Å². The van der Waals surface area contributed by atoms with Crippen molar-refractivity contribution in [3.05, 3.63) is 0 Å². The Morgan fingerprint density at radius 1 is 1.19 bits per heavy atom. The van der Waals surface area contributed by atoms with Gasteiger partial charge in [-0.3, -0.25) is 4.79 Å². The lowest BCUT2D eigenvalue weighted by Crippen LogP contribution is -2.36. The van der Waals surface area contributed by atoms with Crippen molar-refractivity contribution in [1.29, 1.82) is 0 Å². The molecule has 1 saturated heterocycles. The fourth-order valence-electron chi connectivity index (χ4n) is 5.52. The van der Waals surface area contributed by atoms with Gasteiger partial charge in [0.15, 0.2) is 0 Å². The Bertz CT molecular complexity index is 375. The monoisotopic (exact) mass is 295 g/mol. The van der Waals surface area contributed by atoms with Crippen molar-refractivity contribution in [2.75, 3.05) is 0 Å². The van der Waals surface area contributed by atoms with Crippen molar-refractivity contribution >= 4 is 5.91 Å². The molecule has 1 aliphatic heterocycles. The molecule has 120 valence electrons. The van der Waals surface area contributed by atoms with Gasteiger partial charge in [0.25, 0.3) is 0 Å². The molecule has 2 aliphatic carbocycles. The average molecular weight is 295 g/mol. The maximum Gasteiger partial charge on any atom is 0.220 e. The zero-order valence-corrected chi connectivity index (χ0v) is 13.5. The predicted molar refractivity (Wildman–Crippen MR) is 82.6 cm³/mol. The third-order valence-corrected chi connectivity index (χ3v) is 6.59. The highest BCUT2D eigenvalue weighted by Gasteiger charge is 2.44. The summed E-state index contributed by atoms with van der Waals surface area (Å²) in [6, 6.07) is 0.365. The summed E-state index contributed by atoms with van der Waals surface area (Å²) in [6.45, 7) is 4.47. The third-order valence-electron chi connectivity index (χ3n) is 6.59. The van der Waals surface area contributed by atoms with E-state index in [0.717, 1.165) is 32.1 Å². The Morgan fingerprint density at radius 3 is 2.71 bits per heavy atom. The second-order valence-electron chi connectivity index (χ2n) is 7.80. The molecule has 7 unspecified atom stereocenters. The van der Waals surface area contributed by atoms with Gasteiger partial charge in [0, 0.05) is 12.5 Å². The number of hydrogen-bond acceptors (Lipinski definition) is 1. The molecule has 0 aromatic rings. The molecule has 3 fully saturated rings. The van der Waals surface area contributed by atoms with E-state index in [1.165, 1.54) is 12.8 Å². The van der Waals surface area contributed by atoms with E-state index >= 15 is 0 Å². The first-order chi connectivity index (χ1) is 10.1. The lowest BCUT2D eigenvalue weighted by Gasteiger charge is -2.38. The molecule has 3 aliphatic rings. The molecule has 0 aromatic heterocycles. The number of fused-ring (bicyclic) bond motifs is 1. The minimum Gasteiger partial charge on any atom is -0.353 e. The lowest BCUT2D eigenvalue weighted by atomic mass is 9.69. The maximum absolute atomic E-state index is 14.5. The molecule has 3 heteroatoms. The first kappa shape index (κ1) is 15.3. The van der Waals surface area contributed by atoms with E-state index in [-0.39, 0.29) is 11.8 Å². The van der Waals surface area contributed by atoms with Crippen molar-refractivity contribution < 1.29 is 9.18 Å². The van der Waals surface area contributed by atoms with Gasteiger partial charge in [0.1, 0.15) is 6.17 Å². The van der Waals surface area contributed by atoms with E-state index < -0.39 is 6.17 Å². The zero-order chi connectivity index (χ0) is 15.0. The molecule has 0 spiro atoms. The van der Waals surface area contributed by atoms with Crippen LogP contribution in [-0.2, 0) is 4.79 Å². The highest BCUT2D eigenvalue weighted by molar-refractivity contribution is 5.79. The van der Waals surface area contributed by atoms with Crippen molar-refractivity contribution in [2.45, 2.75) is 77.4 Å². The van der Waals surface area contributed by atoms with Gasteiger partial charge in [0.05, 0.1) is 0 Å². The van der Waals surface area contributed by atoms with Crippen LogP contribution >= 0.6 is 0 Å². The number of alkyl halides is 1. The van der Waals surface area contributed by atoms with Crippen LogP contribution in [-0.4, -0.2) is 18.1 Å². The average Bonchev–Trinajstić information content (AvgIpc) is 2.71. The molecule has 0 radical (unpaired) electrons. The molecular weight excluding hydrogens is 265 g/mol. The van der Waals surface area contributed by atoms with Crippen molar-refractivity contribution in [3.63, 3.8) is 0 Å². The van der Waals surface area contributed by atoms with Gasteiger partial charge in [-0.1, -0.05) is 33.1 Å². The van der Waals surface area contributed by atoms with Crippen LogP contribution in [0.1, 0.15) is 65.2 Å². The van der Waals surface area contributed by atoms with E-state index in [0.29, 0.717) is 36.1 Å². The molecule has 3 rings (SSSR count). The number of amides is 1. The number of halogens is 1. The summed E-state index contributed by atoms with van der Waals surface area (Å²) in [5.41, 5.74) is 0. The van der Waals surface area contributed by atoms with Crippen LogP contribution in [0.25, 0.3) is 0 Å². The third kappa shape index (κ3) is 2.98. The van der Waals surface area contributed by atoms with Crippen LogP contribution < -0.4 is 5.32 Å².